The molecule has 0 radical (unpaired) electrons. The van der Waals surface area contributed by atoms with Crippen LogP contribution in [0.3, 0.4) is 0 Å². The predicted octanol–water partition coefficient (Wildman–Crippen LogP) is 4.65. The summed E-state index contributed by atoms with van der Waals surface area (Å²) >= 11 is 0. The summed E-state index contributed by atoms with van der Waals surface area (Å²) in [7, 11) is 1.68. The number of nitrogens with one attached hydrogen (secondary N) is 1. The molecular formula is C30H35N3O3. The van der Waals surface area contributed by atoms with Gasteiger partial charge in [-0.15, -0.1) is 0 Å². The first-order chi connectivity index (χ1) is 17.6. The van der Waals surface area contributed by atoms with Crippen molar-refractivity contribution < 1.29 is 14.3 Å². The average Bonchev–Trinajstić information content (AvgIpc) is 3.47. The summed E-state index contributed by atoms with van der Waals surface area (Å²) in [5, 5.41) is 5.25. The van der Waals surface area contributed by atoms with Gasteiger partial charge in [-0.2, -0.15) is 0 Å². The topological polar surface area (TPSA) is 61.9 Å². The number of nitrogens with zero attached hydrogens (tertiary/aromatic N) is 2. The molecule has 2 unspecified atom stereocenters. The molecule has 1 N–H and O–H groups in total. The Kier molecular flexibility index (Phi) is 7.52. The lowest BCUT2D eigenvalue weighted by atomic mass is 9.95. The molecule has 36 heavy (non-hydrogen) atoms. The Morgan fingerprint density at radius 3 is 2.58 bits per heavy atom. The minimum absolute atomic E-state index is 0.00984. The minimum atomic E-state index is -0.192. The van der Waals surface area contributed by atoms with E-state index < -0.39 is 0 Å². The van der Waals surface area contributed by atoms with Gasteiger partial charge in [0.1, 0.15) is 5.75 Å². The Morgan fingerprint density at radius 2 is 1.75 bits per heavy atom. The molecule has 0 spiro atoms. The predicted molar refractivity (Wildman–Crippen MR) is 142 cm³/mol. The summed E-state index contributed by atoms with van der Waals surface area (Å²) in [5.41, 5.74) is 1.87. The largest absolute Gasteiger partial charge is 0.497 e. The van der Waals surface area contributed by atoms with Crippen LogP contribution in [0.4, 0.5) is 0 Å². The summed E-state index contributed by atoms with van der Waals surface area (Å²) in [6.07, 6.45) is 4.00. The van der Waals surface area contributed by atoms with Crippen molar-refractivity contribution in [2.24, 2.45) is 5.92 Å². The second-order valence-electron chi connectivity index (χ2n) is 9.90. The molecule has 3 aromatic carbocycles. The molecular weight excluding hydrogens is 450 g/mol. The van der Waals surface area contributed by atoms with E-state index in [1.807, 2.05) is 59.5 Å². The number of carbonyl (C=O) groups is 2. The van der Waals surface area contributed by atoms with Crippen LogP contribution in [-0.2, 0) is 4.79 Å². The number of benzene rings is 3. The Bertz CT molecular complexity index is 1220. The third kappa shape index (κ3) is 5.24. The van der Waals surface area contributed by atoms with Crippen LogP contribution in [-0.4, -0.2) is 61.4 Å². The van der Waals surface area contributed by atoms with E-state index in [4.69, 9.17) is 4.74 Å². The maximum Gasteiger partial charge on any atom is 0.254 e. The van der Waals surface area contributed by atoms with Crippen molar-refractivity contribution in [3.63, 3.8) is 0 Å². The van der Waals surface area contributed by atoms with Crippen molar-refractivity contribution in [1.29, 1.82) is 0 Å². The molecule has 0 saturated carbocycles. The van der Waals surface area contributed by atoms with Crippen LogP contribution in [0.25, 0.3) is 10.8 Å². The highest BCUT2D eigenvalue weighted by Crippen LogP contribution is 2.28. The van der Waals surface area contributed by atoms with Crippen LogP contribution in [0, 0.1) is 5.92 Å². The first kappa shape index (κ1) is 24.3. The van der Waals surface area contributed by atoms with Crippen LogP contribution in [0.15, 0.2) is 66.7 Å². The van der Waals surface area contributed by atoms with Crippen molar-refractivity contribution in [3.05, 3.63) is 77.9 Å². The van der Waals surface area contributed by atoms with Crippen molar-refractivity contribution >= 4 is 22.6 Å². The number of carbonyl (C=O) groups excluding carboxylic acids is 2. The molecule has 3 aromatic rings. The van der Waals surface area contributed by atoms with Gasteiger partial charge < -0.3 is 15.0 Å². The Balaban J connectivity index is 1.26. The molecule has 2 aliphatic heterocycles. The summed E-state index contributed by atoms with van der Waals surface area (Å²) in [5.74, 6) is 0.688. The molecule has 2 saturated heterocycles. The van der Waals surface area contributed by atoms with Crippen LogP contribution in [0.5, 0.6) is 5.75 Å². The van der Waals surface area contributed by atoms with Crippen LogP contribution in [0.1, 0.15) is 47.6 Å². The molecule has 2 fully saturated rings. The number of fused-ring (bicyclic) bond motifs is 1. The van der Waals surface area contributed by atoms with Gasteiger partial charge in [0, 0.05) is 25.2 Å². The molecule has 2 atom stereocenters. The van der Waals surface area contributed by atoms with Gasteiger partial charge in [-0.3, -0.25) is 14.5 Å². The van der Waals surface area contributed by atoms with E-state index in [1.54, 1.807) is 7.11 Å². The number of amides is 2. The highest BCUT2D eigenvalue weighted by atomic mass is 16.5. The highest BCUT2D eigenvalue weighted by molar-refractivity contribution is 6.07. The average molecular weight is 486 g/mol. The van der Waals surface area contributed by atoms with E-state index >= 15 is 0 Å². The lowest BCUT2D eigenvalue weighted by Crippen LogP contribution is -2.47. The van der Waals surface area contributed by atoms with Crippen molar-refractivity contribution in [2.45, 2.75) is 31.7 Å². The summed E-state index contributed by atoms with van der Waals surface area (Å²) in [6, 6.07) is 22.1. The smallest absolute Gasteiger partial charge is 0.254 e. The molecule has 6 nitrogen and oxygen atoms in total. The third-order valence-corrected chi connectivity index (χ3v) is 7.63. The third-order valence-electron chi connectivity index (χ3n) is 7.63. The van der Waals surface area contributed by atoms with E-state index in [2.05, 4.69) is 22.3 Å². The number of hydrogen-bond donors (Lipinski definition) is 1. The first-order valence-electron chi connectivity index (χ1n) is 13.1. The molecule has 0 aromatic heterocycles. The second kappa shape index (κ2) is 11.1. The number of rotatable bonds is 7. The summed E-state index contributed by atoms with van der Waals surface area (Å²) < 4.78 is 5.44. The fourth-order valence-corrected chi connectivity index (χ4v) is 5.66. The van der Waals surface area contributed by atoms with E-state index in [0.717, 1.165) is 48.0 Å². The fraction of sp³-hybridized carbons (Fsp3) is 0.400. The molecule has 5 rings (SSSR count). The number of piperidine rings is 1. The summed E-state index contributed by atoms with van der Waals surface area (Å²) in [6.45, 7) is 3.77. The molecule has 2 aliphatic rings. The second-order valence-corrected chi connectivity index (χ2v) is 9.90. The quantitative estimate of drug-likeness (QED) is 0.529. The lowest BCUT2D eigenvalue weighted by Gasteiger charge is -2.33. The van der Waals surface area contributed by atoms with Crippen LogP contribution < -0.4 is 10.1 Å². The minimum Gasteiger partial charge on any atom is -0.497 e. The van der Waals surface area contributed by atoms with Gasteiger partial charge in [-0.25, -0.2) is 0 Å². The Hall–Kier alpha value is -3.38. The fourth-order valence-electron chi connectivity index (χ4n) is 5.66. The standard InChI is InChI=1S/C30H35N3O3/c1-36-25-13-6-11-23(19-25)28(32-16-4-5-17-32)20-31-29(34)24-12-8-18-33(21-24)30(35)27-15-7-10-22-9-2-3-14-26(22)27/h2-3,6-7,9-11,13-15,19,24,28H,4-5,8,12,16-18,20-21H2,1H3,(H,31,34). The number of likely N-dealkylation sites (tertiary alicyclic amines) is 2. The van der Waals surface area contributed by atoms with E-state index in [0.29, 0.717) is 25.2 Å². The normalized spacial score (nSPS) is 19.2. The van der Waals surface area contributed by atoms with Gasteiger partial charge in [0.2, 0.25) is 5.91 Å². The van der Waals surface area contributed by atoms with Gasteiger partial charge in [0.05, 0.1) is 19.1 Å². The first-order valence-corrected chi connectivity index (χ1v) is 13.1. The zero-order valence-electron chi connectivity index (χ0n) is 21.0. The maximum atomic E-state index is 13.4. The van der Waals surface area contributed by atoms with Crippen molar-refractivity contribution in [2.75, 3.05) is 39.8 Å². The van der Waals surface area contributed by atoms with Gasteiger partial charge in [-0.1, -0.05) is 48.5 Å². The maximum absolute atomic E-state index is 13.4. The number of hydrogen-bond acceptors (Lipinski definition) is 4. The SMILES string of the molecule is COc1cccc(C(CNC(=O)C2CCCN(C(=O)c3cccc4ccccc34)C2)N2CCCC2)c1. The number of ether oxygens (including phenoxy) is 1. The van der Waals surface area contributed by atoms with E-state index in [9.17, 15) is 9.59 Å². The Morgan fingerprint density at radius 1 is 0.972 bits per heavy atom. The van der Waals surface area contributed by atoms with Gasteiger partial charge in [0.25, 0.3) is 5.91 Å². The van der Waals surface area contributed by atoms with Crippen LogP contribution in [0.2, 0.25) is 0 Å². The summed E-state index contributed by atoms with van der Waals surface area (Å²) in [4.78, 5) is 31.0. The lowest BCUT2D eigenvalue weighted by molar-refractivity contribution is -0.126. The van der Waals surface area contributed by atoms with Gasteiger partial charge >= 0.3 is 0 Å². The monoisotopic (exact) mass is 485 g/mol. The zero-order chi connectivity index (χ0) is 24.9. The molecule has 2 heterocycles. The van der Waals surface area contributed by atoms with E-state index in [1.165, 1.54) is 12.8 Å². The molecule has 188 valence electrons. The van der Waals surface area contributed by atoms with Gasteiger partial charge in [0.15, 0.2) is 0 Å². The highest BCUT2D eigenvalue weighted by Gasteiger charge is 2.31. The molecule has 2 amide bonds. The number of methoxy groups -OCH3 is 1. The van der Waals surface area contributed by atoms with Crippen molar-refractivity contribution in [3.8, 4) is 5.75 Å². The zero-order valence-corrected chi connectivity index (χ0v) is 21.0. The Labute approximate surface area is 213 Å². The molecule has 0 aliphatic carbocycles. The molecule has 6 heteroatoms. The van der Waals surface area contributed by atoms with Crippen molar-refractivity contribution in [1.82, 2.24) is 15.1 Å². The van der Waals surface area contributed by atoms with Crippen LogP contribution >= 0.6 is 0 Å². The van der Waals surface area contributed by atoms with E-state index in [-0.39, 0.29) is 23.8 Å². The van der Waals surface area contributed by atoms with Gasteiger partial charge in [-0.05, 0) is 73.3 Å². The molecule has 0 bridgehead atoms.